The first-order chi connectivity index (χ1) is 10.7. The second-order valence-electron chi connectivity index (χ2n) is 5.12. The predicted octanol–water partition coefficient (Wildman–Crippen LogP) is -0.858. The summed E-state index contributed by atoms with van der Waals surface area (Å²) in [6.45, 7) is 0.972. The Hall–Kier alpha value is -2.55. The van der Waals surface area contributed by atoms with Crippen LogP contribution in [-0.2, 0) is 11.3 Å². The van der Waals surface area contributed by atoms with E-state index in [9.17, 15) is 9.90 Å². The summed E-state index contributed by atoms with van der Waals surface area (Å²) < 4.78 is 1.47. The highest BCUT2D eigenvalue weighted by Crippen LogP contribution is 2.15. The van der Waals surface area contributed by atoms with Gasteiger partial charge >= 0.3 is 0 Å². The third-order valence-corrected chi connectivity index (χ3v) is 3.58. The average Bonchev–Trinajstić information content (AvgIpc) is 3.03. The maximum atomic E-state index is 12.2. The molecule has 9 nitrogen and oxygen atoms in total. The number of hydrogen-bond acceptors (Lipinski definition) is 7. The molecule has 1 saturated heterocycles. The maximum absolute atomic E-state index is 12.2. The first kappa shape index (κ1) is 14.4. The number of aliphatic hydroxyl groups excluding tert-OH is 1. The van der Waals surface area contributed by atoms with Crippen LogP contribution in [0.5, 0.6) is 0 Å². The lowest BCUT2D eigenvalue weighted by Crippen LogP contribution is -2.52. The van der Waals surface area contributed by atoms with Crippen molar-refractivity contribution < 1.29 is 9.90 Å². The van der Waals surface area contributed by atoms with Gasteiger partial charge in [-0.25, -0.2) is 14.6 Å². The van der Waals surface area contributed by atoms with Crippen LogP contribution in [0.15, 0.2) is 30.9 Å². The minimum atomic E-state index is -0.669. The molecule has 0 bridgehead atoms. The van der Waals surface area contributed by atoms with Gasteiger partial charge in [-0.3, -0.25) is 4.79 Å². The van der Waals surface area contributed by atoms with Gasteiger partial charge in [-0.15, -0.1) is 5.10 Å². The standard InChI is InChI=1S/C13H17N7O2/c21-11-8-19(12(22)9-20-7-5-16-18-20)6-2-10(11)17-13-14-3-1-4-15-13/h1,3-5,7,10-11,21H,2,6,8-9H2,(H,14,15,17)/t10-,11-/m1/s1. The summed E-state index contributed by atoms with van der Waals surface area (Å²) >= 11 is 0. The van der Waals surface area contributed by atoms with Crippen LogP contribution in [0, 0.1) is 0 Å². The van der Waals surface area contributed by atoms with Crippen molar-refractivity contribution in [3.05, 3.63) is 30.9 Å². The molecule has 0 aromatic carbocycles. The molecule has 2 N–H and O–H groups in total. The number of nitrogens with zero attached hydrogens (tertiary/aromatic N) is 6. The lowest BCUT2D eigenvalue weighted by Gasteiger charge is -2.36. The number of carbonyl (C=O) groups excluding carboxylic acids is 1. The highest BCUT2D eigenvalue weighted by molar-refractivity contribution is 5.76. The maximum Gasteiger partial charge on any atom is 0.244 e. The minimum Gasteiger partial charge on any atom is -0.389 e. The quantitative estimate of drug-likeness (QED) is 0.756. The van der Waals surface area contributed by atoms with Crippen LogP contribution in [0.2, 0.25) is 0 Å². The van der Waals surface area contributed by atoms with E-state index in [2.05, 4.69) is 25.6 Å². The molecule has 1 amide bonds. The summed E-state index contributed by atoms with van der Waals surface area (Å²) in [5.41, 5.74) is 0. The molecule has 22 heavy (non-hydrogen) atoms. The summed E-state index contributed by atoms with van der Waals surface area (Å²) in [6.07, 6.45) is 6.39. The summed E-state index contributed by atoms with van der Waals surface area (Å²) in [5.74, 6) is 0.396. The molecule has 0 aliphatic carbocycles. The fraction of sp³-hybridized carbons (Fsp3) is 0.462. The second-order valence-corrected chi connectivity index (χ2v) is 5.12. The van der Waals surface area contributed by atoms with E-state index in [4.69, 9.17) is 0 Å². The third kappa shape index (κ3) is 3.37. The number of rotatable bonds is 4. The number of piperidine rings is 1. The highest BCUT2D eigenvalue weighted by atomic mass is 16.3. The highest BCUT2D eigenvalue weighted by Gasteiger charge is 2.30. The Balaban J connectivity index is 1.54. The zero-order chi connectivity index (χ0) is 15.4. The predicted molar refractivity (Wildman–Crippen MR) is 76.7 cm³/mol. The van der Waals surface area contributed by atoms with Gasteiger partial charge < -0.3 is 15.3 Å². The van der Waals surface area contributed by atoms with E-state index in [0.717, 1.165) is 0 Å². The molecule has 116 valence electrons. The van der Waals surface area contributed by atoms with Crippen LogP contribution in [0.1, 0.15) is 6.42 Å². The van der Waals surface area contributed by atoms with E-state index in [0.29, 0.717) is 18.9 Å². The van der Waals surface area contributed by atoms with Crippen molar-refractivity contribution in [1.82, 2.24) is 29.9 Å². The van der Waals surface area contributed by atoms with Crippen LogP contribution >= 0.6 is 0 Å². The Bertz CT molecular complexity index is 604. The van der Waals surface area contributed by atoms with Gasteiger partial charge in [0.1, 0.15) is 6.54 Å². The first-order valence-electron chi connectivity index (χ1n) is 7.06. The fourth-order valence-corrected chi connectivity index (χ4v) is 2.42. The van der Waals surface area contributed by atoms with Crippen LogP contribution in [0.4, 0.5) is 5.95 Å². The molecular formula is C13H17N7O2. The summed E-state index contributed by atoms with van der Waals surface area (Å²) in [4.78, 5) is 22.0. The average molecular weight is 303 g/mol. The van der Waals surface area contributed by atoms with Crippen LogP contribution in [0.3, 0.4) is 0 Å². The van der Waals surface area contributed by atoms with Gasteiger partial charge in [0.25, 0.3) is 0 Å². The molecule has 3 heterocycles. The number of β-amino-alcohol motifs (C(OH)–C–C–N with tert-alkyl or cyclic N) is 1. The van der Waals surface area contributed by atoms with Crippen molar-refractivity contribution in [2.45, 2.75) is 25.1 Å². The van der Waals surface area contributed by atoms with Gasteiger partial charge in [0.05, 0.1) is 18.3 Å². The molecule has 1 fully saturated rings. The Morgan fingerprint density at radius 3 is 2.86 bits per heavy atom. The largest absolute Gasteiger partial charge is 0.389 e. The van der Waals surface area contributed by atoms with Gasteiger partial charge in [-0.1, -0.05) is 5.21 Å². The molecule has 1 aliphatic rings. The van der Waals surface area contributed by atoms with E-state index in [1.165, 1.54) is 10.9 Å². The van der Waals surface area contributed by atoms with Crippen LogP contribution in [-0.4, -0.2) is 66.1 Å². The number of aromatic nitrogens is 5. The van der Waals surface area contributed by atoms with Crippen molar-refractivity contribution in [3.63, 3.8) is 0 Å². The van der Waals surface area contributed by atoms with Gasteiger partial charge in [0.15, 0.2) is 0 Å². The fourth-order valence-electron chi connectivity index (χ4n) is 2.42. The Labute approximate surface area is 127 Å². The molecule has 0 saturated carbocycles. The number of nitrogens with one attached hydrogen (secondary N) is 1. The van der Waals surface area contributed by atoms with Crippen LogP contribution in [0.25, 0.3) is 0 Å². The minimum absolute atomic E-state index is 0.0843. The third-order valence-electron chi connectivity index (χ3n) is 3.58. The number of carbonyl (C=O) groups is 1. The molecule has 2 atom stereocenters. The number of anilines is 1. The van der Waals surface area contributed by atoms with Gasteiger partial charge in [0, 0.05) is 31.7 Å². The number of hydrogen-bond donors (Lipinski definition) is 2. The SMILES string of the molecule is O=C(Cn1ccnn1)N1CC[C@@H](Nc2ncccn2)[C@H](O)C1. The number of amides is 1. The zero-order valence-corrected chi connectivity index (χ0v) is 11.9. The molecule has 2 aromatic rings. The molecule has 2 aromatic heterocycles. The summed E-state index contributed by atoms with van der Waals surface area (Å²) in [6, 6.07) is 1.56. The Morgan fingerprint density at radius 1 is 1.36 bits per heavy atom. The molecule has 1 aliphatic heterocycles. The van der Waals surface area contributed by atoms with Crippen molar-refractivity contribution >= 4 is 11.9 Å². The van der Waals surface area contributed by atoms with Crippen molar-refractivity contribution in [2.75, 3.05) is 18.4 Å². The zero-order valence-electron chi connectivity index (χ0n) is 11.9. The van der Waals surface area contributed by atoms with Crippen LogP contribution < -0.4 is 5.32 Å². The smallest absolute Gasteiger partial charge is 0.244 e. The molecule has 0 unspecified atom stereocenters. The van der Waals surface area contributed by atoms with Gasteiger partial charge in [-0.05, 0) is 12.5 Å². The Kier molecular flexibility index (Phi) is 4.24. The number of likely N-dealkylation sites (tertiary alicyclic amines) is 1. The van der Waals surface area contributed by atoms with E-state index in [1.54, 1.807) is 29.6 Å². The molecule has 3 rings (SSSR count). The lowest BCUT2D eigenvalue weighted by atomic mass is 10.0. The van der Waals surface area contributed by atoms with Crippen molar-refractivity contribution in [3.8, 4) is 0 Å². The second kappa shape index (κ2) is 6.48. The van der Waals surface area contributed by atoms with E-state index >= 15 is 0 Å². The summed E-state index contributed by atoms with van der Waals surface area (Å²) in [7, 11) is 0. The molecule has 0 radical (unpaired) electrons. The molecule has 0 spiro atoms. The normalized spacial score (nSPS) is 21.6. The van der Waals surface area contributed by atoms with Crippen molar-refractivity contribution in [2.24, 2.45) is 0 Å². The Morgan fingerprint density at radius 2 is 2.18 bits per heavy atom. The monoisotopic (exact) mass is 303 g/mol. The first-order valence-corrected chi connectivity index (χ1v) is 7.06. The van der Waals surface area contributed by atoms with Gasteiger partial charge in [0.2, 0.25) is 11.9 Å². The van der Waals surface area contributed by atoms with Gasteiger partial charge in [-0.2, -0.15) is 0 Å². The van der Waals surface area contributed by atoms with Crippen molar-refractivity contribution in [1.29, 1.82) is 0 Å². The lowest BCUT2D eigenvalue weighted by molar-refractivity contribution is -0.135. The molecule has 9 heteroatoms. The molecular weight excluding hydrogens is 286 g/mol. The van der Waals surface area contributed by atoms with E-state index < -0.39 is 6.10 Å². The van der Waals surface area contributed by atoms with E-state index in [-0.39, 0.29) is 25.0 Å². The van der Waals surface area contributed by atoms with E-state index in [1.807, 2.05) is 0 Å². The topological polar surface area (TPSA) is 109 Å². The number of aliphatic hydroxyl groups is 1. The summed E-state index contributed by atoms with van der Waals surface area (Å²) in [5, 5.41) is 20.8.